The van der Waals surface area contributed by atoms with E-state index in [1.54, 1.807) is 0 Å². The number of nitrogens with zero attached hydrogens (tertiary/aromatic N) is 1. The van der Waals surface area contributed by atoms with E-state index in [4.69, 9.17) is 0 Å². The third kappa shape index (κ3) is 2.68. The molecule has 0 saturated carbocycles. The van der Waals surface area contributed by atoms with Gasteiger partial charge in [0.2, 0.25) is 0 Å². The molecule has 0 bridgehead atoms. The summed E-state index contributed by atoms with van der Waals surface area (Å²) in [4.78, 5) is 5.08. The number of fused-ring (bicyclic) bond motifs is 3. The van der Waals surface area contributed by atoms with Crippen LogP contribution in [0.4, 0.5) is 5.69 Å². The van der Waals surface area contributed by atoms with E-state index < -0.39 is 0 Å². The maximum Gasteiger partial charge on any atom is 0.0521 e. The highest BCUT2D eigenvalue weighted by Crippen LogP contribution is 2.46. The molecule has 0 aromatic heterocycles. The quantitative estimate of drug-likeness (QED) is 0.811. The van der Waals surface area contributed by atoms with Crippen molar-refractivity contribution in [2.24, 2.45) is 0 Å². The first-order chi connectivity index (χ1) is 10.7. The summed E-state index contributed by atoms with van der Waals surface area (Å²) in [6, 6.07) is 15.9. The molecule has 4 heteroatoms. The van der Waals surface area contributed by atoms with Gasteiger partial charge in [-0.25, -0.2) is 0 Å². The fraction of sp³-hybridized carbons (Fsp3) is 0.333. The molecule has 4 rings (SSSR count). The van der Waals surface area contributed by atoms with E-state index in [-0.39, 0.29) is 0 Å². The molecule has 0 amide bonds. The van der Waals surface area contributed by atoms with Crippen LogP contribution in [0.15, 0.2) is 56.7 Å². The normalized spacial score (nSPS) is 23.7. The molecule has 0 spiro atoms. The van der Waals surface area contributed by atoms with E-state index in [0.717, 1.165) is 11.0 Å². The number of nitrogens with one attached hydrogen (secondary N) is 1. The van der Waals surface area contributed by atoms with Crippen LogP contribution in [0, 0.1) is 0 Å². The second-order valence-corrected chi connectivity index (χ2v) is 8.22. The van der Waals surface area contributed by atoms with E-state index in [0.29, 0.717) is 12.0 Å². The van der Waals surface area contributed by atoms with Gasteiger partial charge in [0.15, 0.2) is 0 Å². The Morgan fingerprint density at radius 2 is 2.00 bits per heavy atom. The number of anilines is 1. The van der Waals surface area contributed by atoms with E-state index in [1.807, 2.05) is 11.8 Å². The van der Waals surface area contributed by atoms with Gasteiger partial charge in [0, 0.05) is 32.8 Å². The molecule has 0 radical (unpaired) electrons. The molecule has 22 heavy (non-hydrogen) atoms. The van der Waals surface area contributed by atoms with Gasteiger partial charge in [0.1, 0.15) is 0 Å². The number of hydrogen-bond acceptors (Lipinski definition) is 3. The van der Waals surface area contributed by atoms with Gasteiger partial charge >= 0.3 is 0 Å². The Bertz CT molecular complexity index is 686. The molecule has 1 fully saturated rings. The molecule has 2 atom stereocenters. The molecule has 1 saturated heterocycles. The first-order valence-corrected chi connectivity index (χ1v) is 9.33. The van der Waals surface area contributed by atoms with E-state index in [1.165, 1.54) is 34.0 Å². The molecule has 0 unspecified atom stereocenters. The summed E-state index contributed by atoms with van der Waals surface area (Å²) in [5.74, 6) is 0.638. The average Bonchev–Trinajstić information content (AvgIpc) is 2.89. The van der Waals surface area contributed by atoms with Crippen LogP contribution in [0.25, 0.3) is 0 Å². The largest absolute Gasteiger partial charge is 0.380 e. The van der Waals surface area contributed by atoms with Crippen molar-refractivity contribution in [3.63, 3.8) is 0 Å². The summed E-state index contributed by atoms with van der Waals surface area (Å²) < 4.78 is 1.13. The Morgan fingerprint density at radius 3 is 2.82 bits per heavy atom. The lowest BCUT2D eigenvalue weighted by atomic mass is 9.90. The van der Waals surface area contributed by atoms with Crippen molar-refractivity contribution in [1.82, 2.24) is 4.90 Å². The van der Waals surface area contributed by atoms with E-state index in [9.17, 15) is 0 Å². The molecule has 114 valence electrons. The van der Waals surface area contributed by atoms with Crippen LogP contribution in [0.2, 0.25) is 0 Å². The summed E-state index contributed by atoms with van der Waals surface area (Å²) in [7, 11) is 2.23. The number of piperidine rings is 1. The highest BCUT2D eigenvalue weighted by Gasteiger charge is 2.36. The minimum absolute atomic E-state index is 0.609. The maximum absolute atomic E-state index is 3.80. The van der Waals surface area contributed by atoms with Crippen molar-refractivity contribution >= 4 is 33.4 Å². The van der Waals surface area contributed by atoms with Crippen molar-refractivity contribution in [2.45, 2.75) is 28.2 Å². The molecule has 2 aliphatic heterocycles. The van der Waals surface area contributed by atoms with Crippen LogP contribution in [-0.2, 0) is 0 Å². The Labute approximate surface area is 144 Å². The van der Waals surface area contributed by atoms with Gasteiger partial charge in [0.25, 0.3) is 0 Å². The molecule has 1 N–H and O–H groups in total. The maximum atomic E-state index is 3.80. The Kier molecular flexibility index (Phi) is 3.93. The van der Waals surface area contributed by atoms with Gasteiger partial charge < -0.3 is 10.2 Å². The zero-order chi connectivity index (χ0) is 15.1. The number of benzene rings is 2. The van der Waals surface area contributed by atoms with E-state index >= 15 is 0 Å². The Hall–Kier alpha value is -0.970. The highest BCUT2D eigenvalue weighted by atomic mass is 79.9. The summed E-state index contributed by atoms with van der Waals surface area (Å²) in [6.07, 6.45) is 1.23. The molecule has 0 aliphatic carbocycles. The van der Waals surface area contributed by atoms with Crippen molar-refractivity contribution < 1.29 is 0 Å². The van der Waals surface area contributed by atoms with Gasteiger partial charge in [0.05, 0.1) is 5.69 Å². The lowest BCUT2D eigenvalue weighted by Crippen LogP contribution is -2.39. The molecule has 2 aliphatic rings. The fourth-order valence-electron chi connectivity index (χ4n) is 3.51. The number of rotatable bonds is 2. The number of para-hydroxylation sites is 1. The number of hydrogen-bond donors (Lipinski definition) is 1. The third-order valence-electron chi connectivity index (χ3n) is 4.65. The second-order valence-electron chi connectivity index (χ2n) is 6.18. The van der Waals surface area contributed by atoms with Gasteiger partial charge in [-0.2, -0.15) is 0 Å². The SMILES string of the molecule is CN1CC[C@@H]2Nc3c(Sc4ccc(Br)cc4)cccc3[C@H]2C1. The highest BCUT2D eigenvalue weighted by molar-refractivity contribution is 9.10. The predicted octanol–water partition coefficient (Wildman–Crippen LogP) is 4.81. The van der Waals surface area contributed by atoms with Crippen LogP contribution in [0.3, 0.4) is 0 Å². The number of halogens is 1. The molecule has 2 nitrogen and oxygen atoms in total. The molecule has 2 aromatic rings. The van der Waals surface area contributed by atoms with Crippen molar-refractivity contribution in [1.29, 1.82) is 0 Å². The zero-order valence-corrected chi connectivity index (χ0v) is 15.0. The van der Waals surface area contributed by atoms with Crippen molar-refractivity contribution in [3.05, 3.63) is 52.5 Å². The van der Waals surface area contributed by atoms with Crippen molar-refractivity contribution in [2.75, 3.05) is 25.5 Å². The van der Waals surface area contributed by atoms with Crippen LogP contribution in [0.5, 0.6) is 0 Å². The topological polar surface area (TPSA) is 15.3 Å². The minimum Gasteiger partial charge on any atom is -0.380 e. The molecular formula is C18H19BrN2S. The molecule has 2 aromatic carbocycles. The van der Waals surface area contributed by atoms with Gasteiger partial charge in [-0.1, -0.05) is 39.8 Å². The summed E-state index contributed by atoms with van der Waals surface area (Å²) in [6.45, 7) is 2.36. The Morgan fingerprint density at radius 1 is 1.18 bits per heavy atom. The Balaban J connectivity index is 1.65. The number of likely N-dealkylation sites (N-methyl/N-ethyl adjacent to an activating group) is 1. The summed E-state index contributed by atoms with van der Waals surface area (Å²) >= 11 is 5.35. The van der Waals surface area contributed by atoms with Gasteiger partial charge in [-0.15, -0.1) is 0 Å². The molecular weight excluding hydrogens is 356 g/mol. The standard InChI is InChI=1S/C18H19BrN2S/c1-21-10-9-16-15(11-21)14-3-2-4-17(18(14)20-16)22-13-7-5-12(19)6-8-13/h2-8,15-16,20H,9-11H2,1H3/t15-,16+/m1/s1. The molecule has 2 heterocycles. The first kappa shape index (κ1) is 14.6. The van der Waals surface area contributed by atoms with Crippen molar-refractivity contribution in [3.8, 4) is 0 Å². The second kappa shape index (κ2) is 5.91. The smallest absolute Gasteiger partial charge is 0.0521 e. The monoisotopic (exact) mass is 374 g/mol. The lowest BCUT2D eigenvalue weighted by Gasteiger charge is -2.32. The van der Waals surface area contributed by atoms with Crippen LogP contribution in [-0.4, -0.2) is 31.1 Å². The minimum atomic E-state index is 0.609. The summed E-state index contributed by atoms with van der Waals surface area (Å²) in [5.41, 5.74) is 2.86. The van der Waals surface area contributed by atoms with Gasteiger partial charge in [-0.3, -0.25) is 0 Å². The fourth-order valence-corrected chi connectivity index (χ4v) is 4.73. The lowest BCUT2D eigenvalue weighted by molar-refractivity contribution is 0.243. The predicted molar refractivity (Wildman–Crippen MR) is 97.0 cm³/mol. The van der Waals surface area contributed by atoms with Gasteiger partial charge in [-0.05, 0) is 55.9 Å². The number of likely N-dealkylation sites (tertiary alicyclic amines) is 1. The van der Waals surface area contributed by atoms with Crippen LogP contribution < -0.4 is 5.32 Å². The third-order valence-corrected chi connectivity index (χ3v) is 6.24. The average molecular weight is 375 g/mol. The van der Waals surface area contributed by atoms with Crippen LogP contribution in [0.1, 0.15) is 17.9 Å². The summed E-state index contributed by atoms with van der Waals surface area (Å²) in [5, 5.41) is 3.80. The van der Waals surface area contributed by atoms with E-state index in [2.05, 4.69) is 75.7 Å². The van der Waals surface area contributed by atoms with Crippen LogP contribution >= 0.6 is 27.7 Å². The zero-order valence-electron chi connectivity index (χ0n) is 12.6. The first-order valence-electron chi connectivity index (χ1n) is 7.72.